The zero-order valence-electron chi connectivity index (χ0n) is 8.12. The molecule has 2 rings (SSSR count). The van der Waals surface area contributed by atoms with E-state index in [1.807, 2.05) is 25.1 Å². The van der Waals surface area contributed by atoms with Crippen molar-refractivity contribution in [1.29, 1.82) is 0 Å². The molecule has 0 amide bonds. The largest absolute Gasteiger partial charge is 0.464 e. The molecule has 1 heterocycles. The zero-order chi connectivity index (χ0) is 9.97. The maximum atomic E-state index is 10.3. The number of aldehydes is 1. The maximum Gasteiger partial charge on any atom is 0.137 e. The highest BCUT2D eigenvalue weighted by Crippen LogP contribution is 2.24. The molecular formula is C12H12O2. The molecule has 0 aliphatic carbocycles. The van der Waals surface area contributed by atoms with Crippen molar-refractivity contribution in [2.24, 2.45) is 0 Å². The molecule has 0 unspecified atom stereocenters. The number of benzene rings is 1. The Bertz CT molecular complexity index is 454. The second-order valence-corrected chi connectivity index (χ2v) is 3.42. The number of carbonyl (C=O) groups excluding carboxylic acids is 1. The third kappa shape index (κ3) is 1.43. The van der Waals surface area contributed by atoms with Crippen LogP contribution >= 0.6 is 0 Å². The third-order valence-corrected chi connectivity index (χ3v) is 2.41. The van der Waals surface area contributed by atoms with Gasteiger partial charge in [0.2, 0.25) is 0 Å². The monoisotopic (exact) mass is 188 g/mol. The maximum absolute atomic E-state index is 10.3. The number of carbonyl (C=O) groups is 1. The van der Waals surface area contributed by atoms with Gasteiger partial charge in [-0.1, -0.05) is 18.2 Å². The Morgan fingerprint density at radius 3 is 3.07 bits per heavy atom. The summed E-state index contributed by atoms with van der Waals surface area (Å²) < 4.78 is 5.46. The Labute approximate surface area is 82.5 Å². The number of para-hydroxylation sites is 1. The molecule has 14 heavy (non-hydrogen) atoms. The number of aryl methyl sites for hydroxylation is 2. The van der Waals surface area contributed by atoms with Gasteiger partial charge in [-0.15, -0.1) is 0 Å². The van der Waals surface area contributed by atoms with Gasteiger partial charge < -0.3 is 9.21 Å². The summed E-state index contributed by atoms with van der Waals surface area (Å²) in [5.41, 5.74) is 3.18. The van der Waals surface area contributed by atoms with Gasteiger partial charge in [0.1, 0.15) is 11.9 Å². The first-order valence-corrected chi connectivity index (χ1v) is 4.72. The highest BCUT2D eigenvalue weighted by atomic mass is 16.3. The minimum Gasteiger partial charge on any atom is -0.464 e. The van der Waals surface area contributed by atoms with E-state index >= 15 is 0 Å². The lowest BCUT2D eigenvalue weighted by molar-refractivity contribution is -0.107. The molecule has 0 fully saturated rings. The standard InChI is InChI=1S/C12H12O2/c1-9-8-14-12-10(5-3-7-13)4-2-6-11(9)12/h2,4,6-8H,3,5H2,1H3. The molecule has 0 radical (unpaired) electrons. The van der Waals surface area contributed by atoms with E-state index in [4.69, 9.17) is 4.42 Å². The number of rotatable bonds is 3. The first-order valence-electron chi connectivity index (χ1n) is 4.72. The van der Waals surface area contributed by atoms with Crippen LogP contribution in [0.2, 0.25) is 0 Å². The number of furan rings is 1. The van der Waals surface area contributed by atoms with E-state index in [9.17, 15) is 4.79 Å². The van der Waals surface area contributed by atoms with E-state index in [-0.39, 0.29) is 0 Å². The Hall–Kier alpha value is -1.57. The summed E-state index contributed by atoms with van der Waals surface area (Å²) in [5.74, 6) is 0. The average Bonchev–Trinajstić information content (AvgIpc) is 2.58. The molecule has 0 spiro atoms. The Morgan fingerprint density at radius 2 is 2.29 bits per heavy atom. The molecular weight excluding hydrogens is 176 g/mol. The molecule has 2 aromatic rings. The smallest absolute Gasteiger partial charge is 0.137 e. The van der Waals surface area contributed by atoms with Crippen molar-refractivity contribution in [1.82, 2.24) is 0 Å². The van der Waals surface area contributed by atoms with E-state index < -0.39 is 0 Å². The highest BCUT2D eigenvalue weighted by Gasteiger charge is 2.05. The topological polar surface area (TPSA) is 30.2 Å². The summed E-state index contributed by atoms with van der Waals surface area (Å²) in [6.45, 7) is 2.02. The minimum absolute atomic E-state index is 0.554. The molecule has 0 saturated carbocycles. The lowest BCUT2D eigenvalue weighted by Crippen LogP contribution is -1.86. The average molecular weight is 188 g/mol. The molecule has 1 aromatic carbocycles. The summed E-state index contributed by atoms with van der Waals surface area (Å²) in [6, 6.07) is 6.05. The Balaban J connectivity index is 2.48. The molecule has 2 heteroatoms. The summed E-state index contributed by atoms with van der Waals surface area (Å²) in [4.78, 5) is 10.3. The molecule has 0 N–H and O–H groups in total. The van der Waals surface area contributed by atoms with Gasteiger partial charge in [0.25, 0.3) is 0 Å². The molecule has 72 valence electrons. The van der Waals surface area contributed by atoms with Crippen LogP contribution in [-0.2, 0) is 11.2 Å². The van der Waals surface area contributed by atoms with Crippen LogP contribution in [0, 0.1) is 6.92 Å². The molecule has 0 bridgehead atoms. The fourth-order valence-electron chi connectivity index (χ4n) is 1.66. The van der Waals surface area contributed by atoms with Crippen molar-refractivity contribution in [3.05, 3.63) is 35.6 Å². The minimum atomic E-state index is 0.554. The van der Waals surface area contributed by atoms with Gasteiger partial charge in [-0.3, -0.25) is 0 Å². The van der Waals surface area contributed by atoms with E-state index in [2.05, 4.69) is 0 Å². The predicted molar refractivity (Wildman–Crippen MR) is 55.3 cm³/mol. The van der Waals surface area contributed by atoms with Crippen LogP contribution in [0.4, 0.5) is 0 Å². The van der Waals surface area contributed by atoms with Crippen molar-refractivity contribution in [3.63, 3.8) is 0 Å². The van der Waals surface area contributed by atoms with Crippen molar-refractivity contribution in [2.75, 3.05) is 0 Å². The highest BCUT2D eigenvalue weighted by molar-refractivity contribution is 5.83. The summed E-state index contributed by atoms with van der Waals surface area (Å²) in [6.07, 6.45) is 4.01. The van der Waals surface area contributed by atoms with Gasteiger partial charge in [-0.05, 0) is 24.5 Å². The molecule has 1 aromatic heterocycles. The molecule has 0 saturated heterocycles. The molecule has 0 atom stereocenters. The van der Waals surface area contributed by atoms with Gasteiger partial charge in [0, 0.05) is 11.8 Å². The van der Waals surface area contributed by atoms with Crippen LogP contribution in [-0.4, -0.2) is 6.29 Å². The fraction of sp³-hybridized carbons (Fsp3) is 0.250. The van der Waals surface area contributed by atoms with Crippen molar-refractivity contribution >= 4 is 17.3 Å². The van der Waals surface area contributed by atoms with Crippen LogP contribution in [0.15, 0.2) is 28.9 Å². The van der Waals surface area contributed by atoms with Gasteiger partial charge in [0.15, 0.2) is 0 Å². The van der Waals surface area contributed by atoms with Crippen molar-refractivity contribution in [2.45, 2.75) is 19.8 Å². The van der Waals surface area contributed by atoms with Crippen LogP contribution in [0.25, 0.3) is 11.0 Å². The third-order valence-electron chi connectivity index (χ3n) is 2.41. The van der Waals surface area contributed by atoms with Crippen LogP contribution in [0.1, 0.15) is 17.5 Å². The molecule has 0 aliphatic rings. The second kappa shape index (κ2) is 3.66. The van der Waals surface area contributed by atoms with E-state index in [1.165, 1.54) is 0 Å². The van der Waals surface area contributed by atoms with Gasteiger partial charge in [0.05, 0.1) is 6.26 Å². The van der Waals surface area contributed by atoms with Gasteiger partial charge in [-0.25, -0.2) is 0 Å². The van der Waals surface area contributed by atoms with Crippen LogP contribution in [0.3, 0.4) is 0 Å². The Morgan fingerprint density at radius 1 is 1.43 bits per heavy atom. The lowest BCUT2D eigenvalue weighted by atomic mass is 10.1. The first-order chi connectivity index (χ1) is 6.83. The summed E-state index contributed by atoms with van der Waals surface area (Å²) in [7, 11) is 0. The summed E-state index contributed by atoms with van der Waals surface area (Å²) >= 11 is 0. The molecule has 2 nitrogen and oxygen atoms in total. The van der Waals surface area contributed by atoms with Crippen LogP contribution in [0.5, 0.6) is 0 Å². The fourth-order valence-corrected chi connectivity index (χ4v) is 1.66. The second-order valence-electron chi connectivity index (χ2n) is 3.42. The van der Waals surface area contributed by atoms with E-state index in [0.29, 0.717) is 6.42 Å². The lowest BCUT2D eigenvalue weighted by Gasteiger charge is -1.98. The molecule has 0 aliphatic heterocycles. The quantitative estimate of drug-likeness (QED) is 0.693. The first kappa shape index (κ1) is 9.00. The zero-order valence-corrected chi connectivity index (χ0v) is 8.12. The predicted octanol–water partition coefficient (Wildman–Crippen LogP) is 2.87. The van der Waals surface area contributed by atoms with E-state index in [1.54, 1.807) is 6.26 Å². The summed E-state index contributed by atoms with van der Waals surface area (Å²) in [5, 5.41) is 1.15. The van der Waals surface area contributed by atoms with Gasteiger partial charge in [-0.2, -0.15) is 0 Å². The normalized spacial score (nSPS) is 10.6. The SMILES string of the molecule is Cc1coc2c(CCC=O)cccc12. The van der Waals surface area contributed by atoms with Crippen molar-refractivity contribution in [3.8, 4) is 0 Å². The van der Waals surface area contributed by atoms with E-state index in [0.717, 1.165) is 34.8 Å². The van der Waals surface area contributed by atoms with Crippen LogP contribution < -0.4 is 0 Å². The van der Waals surface area contributed by atoms with Crippen molar-refractivity contribution < 1.29 is 9.21 Å². The number of fused-ring (bicyclic) bond motifs is 1. The number of hydrogen-bond donors (Lipinski definition) is 0. The van der Waals surface area contributed by atoms with Gasteiger partial charge >= 0.3 is 0 Å². The Kier molecular flexibility index (Phi) is 2.35. The number of hydrogen-bond acceptors (Lipinski definition) is 2.